The van der Waals surface area contributed by atoms with Crippen LogP contribution in [0.15, 0.2) is 53.6 Å². The van der Waals surface area contributed by atoms with Crippen molar-refractivity contribution in [2.24, 2.45) is 11.0 Å². The molecule has 1 amide bonds. The van der Waals surface area contributed by atoms with E-state index >= 15 is 0 Å². The summed E-state index contributed by atoms with van der Waals surface area (Å²) in [7, 11) is 0. The minimum absolute atomic E-state index is 0.0115. The van der Waals surface area contributed by atoms with Gasteiger partial charge in [0, 0.05) is 5.92 Å². The third kappa shape index (κ3) is 6.44. The molecule has 30 heavy (non-hydrogen) atoms. The molecule has 0 spiro atoms. The molecule has 0 unspecified atom stereocenters. The highest BCUT2D eigenvalue weighted by atomic mass is 16.5. The topological polar surface area (TPSA) is 77.0 Å². The first-order chi connectivity index (χ1) is 14.7. The number of carbonyl (C=O) groups is 2. The minimum atomic E-state index is -0.432. The van der Waals surface area contributed by atoms with Crippen molar-refractivity contribution in [2.75, 3.05) is 6.61 Å². The van der Waals surface area contributed by atoms with Crippen molar-refractivity contribution in [3.63, 3.8) is 0 Å². The molecule has 6 nitrogen and oxygen atoms in total. The summed E-state index contributed by atoms with van der Waals surface area (Å²) in [6.07, 6.45) is 7.82. The lowest BCUT2D eigenvalue weighted by atomic mass is 9.89. The lowest BCUT2D eigenvalue weighted by molar-refractivity contribution is -0.125. The quantitative estimate of drug-likeness (QED) is 0.297. The van der Waals surface area contributed by atoms with Crippen LogP contribution in [0.5, 0.6) is 11.5 Å². The smallest absolute Gasteiger partial charge is 0.343 e. The molecule has 2 aromatic carbocycles. The van der Waals surface area contributed by atoms with Crippen LogP contribution < -0.4 is 14.9 Å². The van der Waals surface area contributed by atoms with Crippen molar-refractivity contribution in [2.45, 2.75) is 45.4 Å². The van der Waals surface area contributed by atoms with Crippen LogP contribution in [0.4, 0.5) is 0 Å². The van der Waals surface area contributed by atoms with Gasteiger partial charge in [-0.2, -0.15) is 5.10 Å². The highest BCUT2D eigenvalue weighted by Gasteiger charge is 2.20. The summed E-state index contributed by atoms with van der Waals surface area (Å²) >= 11 is 0. The zero-order valence-corrected chi connectivity index (χ0v) is 17.3. The van der Waals surface area contributed by atoms with Gasteiger partial charge in [0.1, 0.15) is 11.5 Å². The van der Waals surface area contributed by atoms with E-state index in [4.69, 9.17) is 9.47 Å². The first-order valence-corrected chi connectivity index (χ1v) is 10.5. The number of rotatable bonds is 8. The Morgan fingerprint density at radius 3 is 2.33 bits per heavy atom. The molecular weight excluding hydrogens is 380 g/mol. The van der Waals surface area contributed by atoms with Gasteiger partial charge in [-0.1, -0.05) is 26.2 Å². The van der Waals surface area contributed by atoms with Crippen LogP contribution in [0.25, 0.3) is 0 Å². The van der Waals surface area contributed by atoms with Crippen molar-refractivity contribution < 1.29 is 19.1 Å². The predicted molar refractivity (Wildman–Crippen MR) is 116 cm³/mol. The van der Waals surface area contributed by atoms with Gasteiger partial charge in [-0.3, -0.25) is 4.79 Å². The predicted octanol–water partition coefficient (Wildman–Crippen LogP) is 4.73. The Kier molecular flexibility index (Phi) is 8.01. The molecule has 0 atom stereocenters. The summed E-state index contributed by atoms with van der Waals surface area (Å²) < 4.78 is 10.9. The third-order valence-corrected chi connectivity index (χ3v) is 5.02. The number of hydrazone groups is 1. The first kappa shape index (κ1) is 21.6. The fourth-order valence-corrected chi connectivity index (χ4v) is 3.32. The average molecular weight is 408 g/mol. The van der Waals surface area contributed by atoms with E-state index in [0.29, 0.717) is 17.9 Å². The van der Waals surface area contributed by atoms with Gasteiger partial charge in [-0.15, -0.1) is 0 Å². The summed E-state index contributed by atoms with van der Waals surface area (Å²) in [4.78, 5) is 24.4. The molecule has 0 radical (unpaired) electrons. The highest BCUT2D eigenvalue weighted by Crippen LogP contribution is 2.23. The summed E-state index contributed by atoms with van der Waals surface area (Å²) in [5, 5.41) is 4.04. The molecule has 6 heteroatoms. The van der Waals surface area contributed by atoms with Crippen molar-refractivity contribution in [1.82, 2.24) is 5.43 Å². The van der Waals surface area contributed by atoms with Gasteiger partial charge in [0.15, 0.2) is 0 Å². The van der Waals surface area contributed by atoms with E-state index in [9.17, 15) is 9.59 Å². The van der Waals surface area contributed by atoms with Crippen molar-refractivity contribution in [3.05, 3.63) is 59.7 Å². The first-order valence-electron chi connectivity index (χ1n) is 10.5. The van der Waals surface area contributed by atoms with Gasteiger partial charge in [-0.25, -0.2) is 10.2 Å². The van der Waals surface area contributed by atoms with Gasteiger partial charge in [0.2, 0.25) is 5.91 Å². The van der Waals surface area contributed by atoms with Crippen molar-refractivity contribution in [3.8, 4) is 11.5 Å². The van der Waals surface area contributed by atoms with E-state index in [1.165, 1.54) is 6.42 Å². The number of ether oxygens (including phenoxy) is 2. The largest absolute Gasteiger partial charge is 0.494 e. The lowest BCUT2D eigenvalue weighted by Gasteiger charge is -2.19. The molecule has 2 aromatic rings. The maximum Gasteiger partial charge on any atom is 0.343 e. The van der Waals surface area contributed by atoms with E-state index in [-0.39, 0.29) is 11.8 Å². The highest BCUT2D eigenvalue weighted by molar-refractivity contribution is 5.91. The molecule has 0 aromatic heterocycles. The fraction of sp³-hybridized carbons (Fsp3) is 0.375. The van der Waals surface area contributed by atoms with E-state index < -0.39 is 5.97 Å². The molecule has 1 aliphatic carbocycles. The number of benzene rings is 2. The molecule has 0 heterocycles. The molecule has 158 valence electrons. The van der Waals surface area contributed by atoms with Gasteiger partial charge < -0.3 is 9.47 Å². The van der Waals surface area contributed by atoms with Crippen molar-refractivity contribution in [1.29, 1.82) is 0 Å². The van der Waals surface area contributed by atoms with E-state index in [0.717, 1.165) is 43.4 Å². The van der Waals surface area contributed by atoms with Crippen LogP contribution in [-0.2, 0) is 4.79 Å². The van der Waals surface area contributed by atoms with Gasteiger partial charge in [0.05, 0.1) is 18.4 Å². The second-order valence-electron chi connectivity index (χ2n) is 7.40. The lowest BCUT2D eigenvalue weighted by Crippen LogP contribution is -2.28. The normalized spacial score (nSPS) is 14.4. The number of hydrogen-bond donors (Lipinski definition) is 1. The Balaban J connectivity index is 1.48. The average Bonchev–Trinajstić information content (AvgIpc) is 2.79. The Bertz CT molecular complexity index is 854. The van der Waals surface area contributed by atoms with Crippen LogP contribution in [0.3, 0.4) is 0 Å². The van der Waals surface area contributed by atoms with Crippen LogP contribution in [0.1, 0.15) is 61.4 Å². The molecular formula is C24H28N2O4. The van der Waals surface area contributed by atoms with E-state index in [1.54, 1.807) is 54.7 Å². The molecule has 0 saturated heterocycles. The number of nitrogens with zero attached hydrogens (tertiary/aromatic N) is 1. The van der Waals surface area contributed by atoms with Crippen LogP contribution >= 0.6 is 0 Å². The van der Waals surface area contributed by atoms with E-state index in [1.807, 2.05) is 6.92 Å². The maximum atomic E-state index is 12.3. The number of hydrogen-bond acceptors (Lipinski definition) is 5. The standard InChI is InChI=1S/C24H28N2O4/c1-2-16-29-21-14-10-20(11-15-21)24(28)30-22-12-8-18(9-13-22)17-25-26-23(27)19-6-4-3-5-7-19/h8-15,17,19H,2-7,16H2,1H3,(H,26,27)/b25-17+. The Morgan fingerprint density at radius 1 is 1.00 bits per heavy atom. The van der Waals surface area contributed by atoms with Crippen molar-refractivity contribution >= 4 is 18.1 Å². The second kappa shape index (κ2) is 11.1. The molecule has 0 aliphatic heterocycles. The SMILES string of the molecule is CCCOc1ccc(C(=O)Oc2ccc(/C=N/NC(=O)C3CCCCC3)cc2)cc1. The summed E-state index contributed by atoms with van der Waals surface area (Å²) in [6.45, 7) is 2.68. The zero-order valence-electron chi connectivity index (χ0n) is 17.3. The number of amides is 1. The van der Waals surface area contributed by atoms with E-state index in [2.05, 4.69) is 10.5 Å². The zero-order chi connectivity index (χ0) is 21.2. The molecule has 3 rings (SSSR count). The Labute approximate surface area is 177 Å². The minimum Gasteiger partial charge on any atom is -0.494 e. The third-order valence-electron chi connectivity index (χ3n) is 5.02. The summed E-state index contributed by atoms with van der Waals surface area (Å²) in [5.41, 5.74) is 3.88. The number of esters is 1. The number of nitrogens with one attached hydrogen (secondary N) is 1. The summed E-state index contributed by atoms with van der Waals surface area (Å²) in [5.74, 6) is 0.799. The molecule has 1 fully saturated rings. The monoisotopic (exact) mass is 408 g/mol. The maximum absolute atomic E-state index is 12.3. The summed E-state index contributed by atoms with van der Waals surface area (Å²) in [6, 6.07) is 13.8. The molecule has 1 saturated carbocycles. The fourth-order valence-electron chi connectivity index (χ4n) is 3.32. The second-order valence-corrected chi connectivity index (χ2v) is 7.40. The van der Waals surface area contributed by atoms with Crippen LogP contribution in [0, 0.1) is 5.92 Å². The van der Waals surface area contributed by atoms with Gasteiger partial charge in [0.25, 0.3) is 0 Å². The Morgan fingerprint density at radius 2 is 1.67 bits per heavy atom. The molecule has 1 N–H and O–H groups in total. The van der Waals surface area contributed by atoms with Gasteiger partial charge in [-0.05, 0) is 73.4 Å². The number of carbonyl (C=O) groups excluding carboxylic acids is 2. The van der Waals surface area contributed by atoms with Crippen LogP contribution in [-0.4, -0.2) is 24.7 Å². The molecule has 0 bridgehead atoms. The van der Waals surface area contributed by atoms with Gasteiger partial charge >= 0.3 is 5.97 Å². The van der Waals surface area contributed by atoms with Crippen LogP contribution in [0.2, 0.25) is 0 Å². The Hall–Kier alpha value is -3.15. The molecule has 1 aliphatic rings.